The van der Waals surface area contributed by atoms with E-state index < -0.39 is 0 Å². The lowest BCUT2D eigenvalue weighted by Gasteiger charge is -2.07. The van der Waals surface area contributed by atoms with E-state index in [1.165, 1.54) is 102 Å². The number of nitro benzene ring substituents is 1. The molecule has 166 valence electrons. The van der Waals surface area contributed by atoms with Crippen LogP contribution in [0.5, 0.6) is 5.75 Å². The molecule has 0 saturated heterocycles. The van der Waals surface area contributed by atoms with E-state index in [1.807, 2.05) is 0 Å². The van der Waals surface area contributed by atoms with E-state index in [4.69, 9.17) is 4.74 Å². The quantitative estimate of drug-likeness (QED) is 0.132. The fraction of sp³-hybridized carbons (Fsp3) is 0.760. The van der Waals surface area contributed by atoms with Gasteiger partial charge in [-0.1, -0.05) is 103 Å². The SMILES string of the molecule is CCCCCCCCCCCCCCCCCCOc1ccc([N+](=O)[O-])c(C)c1. The summed E-state index contributed by atoms with van der Waals surface area (Å²) < 4.78 is 5.72. The Labute approximate surface area is 178 Å². The molecule has 0 saturated carbocycles. The van der Waals surface area contributed by atoms with E-state index in [-0.39, 0.29) is 10.6 Å². The Bertz CT molecular complexity index is 545. The van der Waals surface area contributed by atoms with Crippen LogP contribution < -0.4 is 4.74 Å². The van der Waals surface area contributed by atoms with Gasteiger partial charge in [-0.3, -0.25) is 10.1 Å². The van der Waals surface area contributed by atoms with Crippen molar-refractivity contribution >= 4 is 5.69 Å². The lowest BCUT2D eigenvalue weighted by molar-refractivity contribution is -0.385. The molecule has 1 aromatic carbocycles. The van der Waals surface area contributed by atoms with Gasteiger partial charge in [-0.15, -0.1) is 0 Å². The minimum absolute atomic E-state index is 0.153. The standard InChI is InChI=1S/C25H43NO3/c1-3-4-5-6-7-8-9-10-11-12-13-14-15-16-17-18-21-29-24-19-20-25(26(27)28)23(2)22-24/h19-20,22H,3-18,21H2,1-2H3. The molecule has 1 rings (SSSR count). The number of hydrogen-bond donors (Lipinski definition) is 0. The molecule has 0 aliphatic carbocycles. The second kappa shape index (κ2) is 17.3. The molecule has 0 spiro atoms. The monoisotopic (exact) mass is 405 g/mol. The topological polar surface area (TPSA) is 52.4 Å². The fourth-order valence-electron chi connectivity index (χ4n) is 3.76. The van der Waals surface area contributed by atoms with Crippen LogP contribution >= 0.6 is 0 Å². The molecule has 0 fully saturated rings. The number of nitrogens with zero attached hydrogens (tertiary/aromatic N) is 1. The van der Waals surface area contributed by atoms with Gasteiger partial charge in [0, 0.05) is 11.6 Å². The van der Waals surface area contributed by atoms with Gasteiger partial charge in [-0.05, 0) is 25.5 Å². The lowest BCUT2D eigenvalue weighted by Crippen LogP contribution is -1.98. The van der Waals surface area contributed by atoms with Gasteiger partial charge in [0.05, 0.1) is 11.5 Å². The van der Waals surface area contributed by atoms with Crippen LogP contribution in [0.2, 0.25) is 0 Å². The molecule has 0 N–H and O–H groups in total. The first-order valence-corrected chi connectivity index (χ1v) is 12.0. The van der Waals surface area contributed by atoms with Gasteiger partial charge in [0.25, 0.3) is 5.69 Å². The van der Waals surface area contributed by atoms with Crippen LogP contribution in [0.25, 0.3) is 0 Å². The first kappa shape index (κ1) is 25.5. The zero-order chi connectivity index (χ0) is 21.2. The van der Waals surface area contributed by atoms with E-state index in [2.05, 4.69) is 6.92 Å². The van der Waals surface area contributed by atoms with Gasteiger partial charge in [0.15, 0.2) is 0 Å². The van der Waals surface area contributed by atoms with Crippen LogP contribution in [0, 0.1) is 17.0 Å². The van der Waals surface area contributed by atoms with Crippen LogP contribution in [0.4, 0.5) is 5.69 Å². The van der Waals surface area contributed by atoms with Crippen molar-refractivity contribution in [2.45, 2.75) is 117 Å². The molecule has 0 amide bonds. The average molecular weight is 406 g/mol. The highest BCUT2D eigenvalue weighted by Gasteiger charge is 2.10. The number of nitro groups is 1. The van der Waals surface area contributed by atoms with Gasteiger partial charge in [-0.2, -0.15) is 0 Å². The summed E-state index contributed by atoms with van der Waals surface area (Å²) in [5.74, 6) is 0.731. The van der Waals surface area contributed by atoms with Crippen molar-refractivity contribution in [3.8, 4) is 5.75 Å². The third kappa shape index (κ3) is 13.3. The van der Waals surface area contributed by atoms with Crippen molar-refractivity contribution in [1.82, 2.24) is 0 Å². The highest BCUT2D eigenvalue weighted by molar-refractivity contribution is 5.44. The molecular formula is C25H43NO3. The summed E-state index contributed by atoms with van der Waals surface area (Å²) in [6.45, 7) is 4.72. The highest BCUT2D eigenvalue weighted by Crippen LogP contribution is 2.23. The summed E-state index contributed by atoms with van der Waals surface area (Å²) in [5, 5.41) is 10.8. The van der Waals surface area contributed by atoms with Crippen LogP contribution in [0.15, 0.2) is 18.2 Å². The van der Waals surface area contributed by atoms with Crippen LogP contribution in [0.3, 0.4) is 0 Å². The summed E-state index contributed by atoms with van der Waals surface area (Å²) in [6.07, 6.45) is 21.8. The van der Waals surface area contributed by atoms with Gasteiger partial charge < -0.3 is 4.74 Å². The van der Waals surface area contributed by atoms with E-state index in [9.17, 15) is 10.1 Å². The fourth-order valence-corrected chi connectivity index (χ4v) is 3.76. The third-order valence-corrected chi connectivity index (χ3v) is 5.63. The Morgan fingerprint density at radius 3 is 1.62 bits per heavy atom. The molecule has 0 aliphatic rings. The molecule has 29 heavy (non-hydrogen) atoms. The summed E-state index contributed by atoms with van der Waals surface area (Å²) >= 11 is 0. The molecule has 0 aliphatic heterocycles. The molecule has 1 aromatic rings. The smallest absolute Gasteiger partial charge is 0.272 e. The Morgan fingerprint density at radius 1 is 0.759 bits per heavy atom. The Morgan fingerprint density at radius 2 is 1.21 bits per heavy atom. The number of unbranched alkanes of at least 4 members (excludes halogenated alkanes) is 15. The van der Waals surface area contributed by atoms with Crippen molar-refractivity contribution < 1.29 is 9.66 Å². The summed E-state index contributed by atoms with van der Waals surface area (Å²) in [7, 11) is 0. The van der Waals surface area contributed by atoms with Gasteiger partial charge >= 0.3 is 0 Å². The van der Waals surface area contributed by atoms with Crippen molar-refractivity contribution in [3.05, 3.63) is 33.9 Å². The minimum Gasteiger partial charge on any atom is -0.494 e. The van der Waals surface area contributed by atoms with E-state index >= 15 is 0 Å². The van der Waals surface area contributed by atoms with E-state index in [0.717, 1.165) is 12.2 Å². The number of hydrogen-bond acceptors (Lipinski definition) is 3. The summed E-state index contributed by atoms with van der Waals surface area (Å²) in [4.78, 5) is 10.5. The van der Waals surface area contributed by atoms with Crippen molar-refractivity contribution in [2.75, 3.05) is 6.61 Å². The molecule has 4 nitrogen and oxygen atoms in total. The second-order valence-corrected chi connectivity index (χ2v) is 8.36. The molecule has 0 radical (unpaired) electrons. The maximum atomic E-state index is 10.8. The van der Waals surface area contributed by atoms with Crippen LogP contribution in [-0.2, 0) is 0 Å². The Balaban J connectivity index is 1.85. The maximum absolute atomic E-state index is 10.8. The summed E-state index contributed by atoms with van der Waals surface area (Å²) in [5.41, 5.74) is 0.805. The Hall–Kier alpha value is -1.58. The predicted molar refractivity (Wildman–Crippen MR) is 123 cm³/mol. The van der Waals surface area contributed by atoms with Crippen molar-refractivity contribution in [2.24, 2.45) is 0 Å². The predicted octanol–water partition coefficient (Wildman–Crippen LogP) is 8.54. The maximum Gasteiger partial charge on any atom is 0.272 e. The normalized spacial score (nSPS) is 11.0. The molecule has 0 bridgehead atoms. The molecule has 0 heterocycles. The zero-order valence-corrected chi connectivity index (χ0v) is 18.9. The van der Waals surface area contributed by atoms with E-state index in [1.54, 1.807) is 19.1 Å². The molecule has 0 aromatic heterocycles. The molecule has 4 heteroatoms. The molecular weight excluding hydrogens is 362 g/mol. The van der Waals surface area contributed by atoms with Crippen molar-refractivity contribution in [3.63, 3.8) is 0 Å². The zero-order valence-electron chi connectivity index (χ0n) is 18.9. The highest BCUT2D eigenvalue weighted by atomic mass is 16.6. The van der Waals surface area contributed by atoms with E-state index in [0.29, 0.717) is 12.2 Å². The number of rotatable bonds is 19. The molecule has 0 unspecified atom stereocenters. The lowest BCUT2D eigenvalue weighted by atomic mass is 10.0. The summed E-state index contributed by atoms with van der Waals surface area (Å²) in [6, 6.07) is 4.97. The Kier molecular flexibility index (Phi) is 15.2. The van der Waals surface area contributed by atoms with Crippen LogP contribution in [-0.4, -0.2) is 11.5 Å². The van der Waals surface area contributed by atoms with Gasteiger partial charge in [0.1, 0.15) is 5.75 Å². The van der Waals surface area contributed by atoms with Crippen LogP contribution in [0.1, 0.15) is 115 Å². The van der Waals surface area contributed by atoms with Crippen molar-refractivity contribution in [1.29, 1.82) is 0 Å². The van der Waals surface area contributed by atoms with Gasteiger partial charge in [-0.25, -0.2) is 0 Å². The largest absolute Gasteiger partial charge is 0.494 e. The third-order valence-electron chi connectivity index (χ3n) is 5.63. The minimum atomic E-state index is -0.352. The number of benzene rings is 1. The number of aryl methyl sites for hydroxylation is 1. The second-order valence-electron chi connectivity index (χ2n) is 8.36. The molecule has 0 atom stereocenters. The first-order chi connectivity index (χ1) is 14.1. The first-order valence-electron chi connectivity index (χ1n) is 12.0. The average Bonchev–Trinajstić information content (AvgIpc) is 2.70. The number of ether oxygens (including phenoxy) is 1. The van der Waals surface area contributed by atoms with Gasteiger partial charge in [0.2, 0.25) is 0 Å².